The predicted molar refractivity (Wildman–Crippen MR) is 119 cm³/mol. The number of aromatic nitrogens is 7. The summed E-state index contributed by atoms with van der Waals surface area (Å²) in [6, 6.07) is 2.65. The number of nitrogens with zero attached hydrogens (tertiary/aromatic N) is 7. The van der Waals surface area contributed by atoms with Crippen LogP contribution in [0.4, 0.5) is 0 Å². The van der Waals surface area contributed by atoms with Crippen molar-refractivity contribution < 1.29 is 4.74 Å². The van der Waals surface area contributed by atoms with Crippen LogP contribution in [0, 0.1) is 6.92 Å². The number of rotatable bonds is 4. The number of hydrogen-bond acceptors (Lipinski definition) is 7. The number of aryl methyl sites for hydroxylation is 1. The molecule has 4 aromatic rings. The molecule has 1 N–H and O–H groups in total. The summed E-state index contributed by atoms with van der Waals surface area (Å²) in [5.74, 6) is 0.962. The summed E-state index contributed by atoms with van der Waals surface area (Å²) in [5.41, 5.74) is 8.19. The van der Waals surface area contributed by atoms with Crippen molar-refractivity contribution in [2.45, 2.75) is 45.7 Å². The molecule has 6 heterocycles. The second-order valence-corrected chi connectivity index (χ2v) is 9.03. The van der Waals surface area contributed by atoms with E-state index in [1.54, 1.807) is 10.8 Å². The minimum atomic E-state index is 0.249. The number of fused-ring (bicyclic) bond motifs is 2. The number of pyridine rings is 1. The van der Waals surface area contributed by atoms with Gasteiger partial charge in [-0.3, -0.25) is 10.00 Å². The molecule has 0 atom stereocenters. The lowest BCUT2D eigenvalue weighted by Gasteiger charge is -2.39. The van der Waals surface area contributed by atoms with E-state index in [1.165, 1.54) is 5.56 Å². The molecular weight excluding hydrogens is 404 g/mol. The number of H-pyrrole nitrogens is 1. The Morgan fingerprint density at radius 3 is 2.88 bits per heavy atom. The minimum Gasteiger partial charge on any atom is -0.378 e. The molecule has 0 unspecified atom stereocenters. The summed E-state index contributed by atoms with van der Waals surface area (Å²) < 4.78 is 7.16. The molecule has 9 heteroatoms. The highest BCUT2D eigenvalue weighted by molar-refractivity contribution is 5.73. The van der Waals surface area contributed by atoms with E-state index in [4.69, 9.17) is 19.8 Å². The molecule has 32 heavy (non-hydrogen) atoms. The van der Waals surface area contributed by atoms with Gasteiger partial charge in [0.15, 0.2) is 11.5 Å². The van der Waals surface area contributed by atoms with Crippen LogP contribution in [-0.4, -0.2) is 65.5 Å². The van der Waals surface area contributed by atoms with Crippen LogP contribution in [0.5, 0.6) is 0 Å². The van der Waals surface area contributed by atoms with Gasteiger partial charge in [-0.15, -0.1) is 0 Å². The topological polar surface area (TPSA) is 97.1 Å². The average molecular weight is 431 g/mol. The highest BCUT2D eigenvalue weighted by atomic mass is 16.5. The maximum Gasteiger partial charge on any atom is 0.178 e. The van der Waals surface area contributed by atoms with Gasteiger partial charge >= 0.3 is 0 Å². The van der Waals surface area contributed by atoms with E-state index in [1.807, 2.05) is 19.3 Å². The Bertz CT molecular complexity index is 1300. The van der Waals surface area contributed by atoms with E-state index in [9.17, 15) is 0 Å². The highest BCUT2D eigenvalue weighted by Crippen LogP contribution is 2.35. The molecule has 1 saturated heterocycles. The third kappa shape index (κ3) is 3.11. The minimum absolute atomic E-state index is 0.249. The fourth-order valence-corrected chi connectivity index (χ4v) is 4.73. The van der Waals surface area contributed by atoms with Crippen molar-refractivity contribution in [1.29, 1.82) is 0 Å². The molecule has 4 aromatic heterocycles. The Labute approximate surface area is 185 Å². The molecule has 0 spiro atoms. The monoisotopic (exact) mass is 430 g/mol. The first-order valence-electron chi connectivity index (χ1n) is 11.1. The molecular formula is C23H26N8O. The van der Waals surface area contributed by atoms with Crippen molar-refractivity contribution in [2.24, 2.45) is 0 Å². The van der Waals surface area contributed by atoms with Gasteiger partial charge in [0, 0.05) is 48.6 Å². The summed E-state index contributed by atoms with van der Waals surface area (Å²) in [6.07, 6.45) is 6.47. The van der Waals surface area contributed by atoms with Gasteiger partial charge in [0.05, 0.1) is 30.6 Å². The molecule has 6 rings (SSSR count). The van der Waals surface area contributed by atoms with Crippen molar-refractivity contribution >= 4 is 5.65 Å². The number of aromatic amines is 1. The van der Waals surface area contributed by atoms with E-state index in [0.717, 1.165) is 72.1 Å². The van der Waals surface area contributed by atoms with Crippen molar-refractivity contribution in [3.8, 4) is 22.8 Å². The van der Waals surface area contributed by atoms with Gasteiger partial charge in [0.25, 0.3) is 0 Å². The number of hydrogen-bond donors (Lipinski definition) is 1. The first-order valence-corrected chi connectivity index (χ1v) is 11.1. The van der Waals surface area contributed by atoms with Crippen LogP contribution in [-0.2, 0) is 17.7 Å². The van der Waals surface area contributed by atoms with Crippen LogP contribution in [0.1, 0.15) is 42.1 Å². The Kier molecular flexibility index (Phi) is 4.55. The molecule has 164 valence electrons. The van der Waals surface area contributed by atoms with Crippen LogP contribution in [0.3, 0.4) is 0 Å². The smallest absolute Gasteiger partial charge is 0.178 e. The third-order valence-electron chi connectivity index (χ3n) is 6.54. The summed E-state index contributed by atoms with van der Waals surface area (Å²) >= 11 is 0. The van der Waals surface area contributed by atoms with Gasteiger partial charge in [-0.05, 0) is 24.5 Å². The van der Waals surface area contributed by atoms with Crippen LogP contribution < -0.4 is 0 Å². The second-order valence-electron chi connectivity index (χ2n) is 9.03. The van der Waals surface area contributed by atoms with E-state index in [0.29, 0.717) is 11.9 Å². The molecule has 2 aliphatic heterocycles. The van der Waals surface area contributed by atoms with Gasteiger partial charge in [0.1, 0.15) is 12.0 Å². The van der Waals surface area contributed by atoms with Gasteiger partial charge in [-0.1, -0.05) is 13.8 Å². The van der Waals surface area contributed by atoms with E-state index < -0.39 is 0 Å². The molecule has 0 amide bonds. The maximum atomic E-state index is 5.36. The van der Waals surface area contributed by atoms with Gasteiger partial charge in [-0.25, -0.2) is 19.5 Å². The highest BCUT2D eigenvalue weighted by Gasteiger charge is 2.30. The summed E-state index contributed by atoms with van der Waals surface area (Å²) in [7, 11) is 0. The van der Waals surface area contributed by atoms with E-state index >= 15 is 0 Å². The zero-order chi connectivity index (χ0) is 21.8. The van der Waals surface area contributed by atoms with Crippen LogP contribution >= 0.6 is 0 Å². The molecule has 0 saturated carbocycles. The lowest BCUT2D eigenvalue weighted by Crippen LogP contribution is -2.50. The third-order valence-corrected chi connectivity index (χ3v) is 6.54. The normalized spacial score (nSPS) is 17.1. The zero-order valence-corrected chi connectivity index (χ0v) is 18.5. The lowest BCUT2D eigenvalue weighted by molar-refractivity contribution is -0.0697. The average Bonchev–Trinajstić information content (AvgIpc) is 3.39. The fraction of sp³-hybridized carbons (Fsp3) is 0.435. The quantitative estimate of drug-likeness (QED) is 0.532. The van der Waals surface area contributed by atoms with Gasteiger partial charge in [-0.2, -0.15) is 10.2 Å². The molecule has 0 aromatic carbocycles. The van der Waals surface area contributed by atoms with Crippen molar-refractivity contribution in [3.63, 3.8) is 0 Å². The largest absolute Gasteiger partial charge is 0.378 e. The van der Waals surface area contributed by atoms with Crippen LogP contribution in [0.15, 0.2) is 24.8 Å². The molecule has 2 aliphatic rings. The van der Waals surface area contributed by atoms with E-state index in [-0.39, 0.29) is 5.92 Å². The van der Waals surface area contributed by atoms with Crippen molar-refractivity contribution in [2.75, 3.05) is 19.8 Å². The molecule has 0 bridgehead atoms. The van der Waals surface area contributed by atoms with Gasteiger partial charge in [0.2, 0.25) is 0 Å². The lowest BCUT2D eigenvalue weighted by atomic mass is 9.96. The second kappa shape index (κ2) is 7.46. The van der Waals surface area contributed by atoms with Crippen LogP contribution in [0.25, 0.3) is 28.4 Å². The van der Waals surface area contributed by atoms with Gasteiger partial charge < -0.3 is 4.74 Å². The number of nitrogens with one attached hydrogen (secondary N) is 1. The van der Waals surface area contributed by atoms with E-state index in [2.05, 4.69) is 40.0 Å². The van der Waals surface area contributed by atoms with Crippen molar-refractivity contribution in [1.82, 2.24) is 39.7 Å². The summed E-state index contributed by atoms with van der Waals surface area (Å²) in [6.45, 7) is 9.98. The molecule has 0 aliphatic carbocycles. The maximum absolute atomic E-state index is 5.36. The Morgan fingerprint density at radius 1 is 1.22 bits per heavy atom. The molecule has 0 radical (unpaired) electrons. The SMILES string of the molecule is Cc1cc(-c2n[nH]c(-c3ncc4c(n3)CCN(C3COC3)C4)c2C(C)C)cn2ncnc12. The van der Waals surface area contributed by atoms with Crippen LogP contribution in [0.2, 0.25) is 0 Å². The summed E-state index contributed by atoms with van der Waals surface area (Å²) in [4.78, 5) is 16.5. The first kappa shape index (κ1) is 19.5. The first-order chi connectivity index (χ1) is 15.6. The standard InChI is InChI=1S/C23H26N8O/c1-13(2)19-20(15-6-14(3)23-25-12-26-31(23)9-15)28-29-21(19)22-24-7-16-8-30(17-10-32-11-17)5-4-18(16)27-22/h6-7,9,12-13,17H,4-5,8,10-11H2,1-3H3,(H,28,29). The zero-order valence-electron chi connectivity index (χ0n) is 18.5. The predicted octanol–water partition coefficient (Wildman–Crippen LogP) is 2.77. The Balaban J connectivity index is 1.38. The Hall–Kier alpha value is -3.17. The fourth-order valence-electron chi connectivity index (χ4n) is 4.73. The molecule has 1 fully saturated rings. The molecule has 9 nitrogen and oxygen atoms in total. The summed E-state index contributed by atoms with van der Waals surface area (Å²) in [5, 5.41) is 12.2. The number of ether oxygens (including phenoxy) is 1. The van der Waals surface area contributed by atoms with Crippen molar-refractivity contribution in [3.05, 3.63) is 47.2 Å². The Morgan fingerprint density at radius 2 is 2.09 bits per heavy atom.